The van der Waals surface area contributed by atoms with Gasteiger partial charge in [0.2, 0.25) is 5.91 Å². The number of benzene rings is 1. The first-order valence-electron chi connectivity index (χ1n) is 7.86. The quantitative estimate of drug-likeness (QED) is 0.493. The van der Waals surface area contributed by atoms with Crippen LogP contribution in [-0.2, 0) is 14.3 Å². The molecule has 0 aliphatic heterocycles. The molecule has 1 aromatic heterocycles. The van der Waals surface area contributed by atoms with E-state index in [1.165, 1.54) is 42.3 Å². The van der Waals surface area contributed by atoms with Gasteiger partial charge in [0.15, 0.2) is 5.13 Å². The Kier molecular flexibility index (Phi) is 7.99. The van der Waals surface area contributed by atoms with Crippen LogP contribution in [0.25, 0.3) is 11.3 Å². The summed E-state index contributed by atoms with van der Waals surface area (Å²) in [5.74, 6) is 0.234. The highest BCUT2D eigenvalue weighted by molar-refractivity contribution is 7.99. The Hall–Kier alpha value is -2.20. The molecule has 1 amide bonds. The molecule has 2 aromatic rings. The maximum atomic E-state index is 12.2. The normalized spacial score (nSPS) is 10.7. The molecular formula is C17H18F2N2O4S2. The number of alkyl halides is 2. The smallest absolute Gasteiger partial charge is 0.387 e. The number of rotatable bonds is 9. The maximum Gasteiger partial charge on any atom is 0.387 e. The third-order valence-electron chi connectivity index (χ3n) is 3.32. The zero-order valence-electron chi connectivity index (χ0n) is 14.7. The zero-order chi connectivity index (χ0) is 19.8. The van der Waals surface area contributed by atoms with Crippen LogP contribution in [0.15, 0.2) is 24.3 Å². The molecule has 0 saturated carbocycles. The van der Waals surface area contributed by atoms with Gasteiger partial charge in [0.25, 0.3) is 0 Å². The molecule has 0 fully saturated rings. The number of nitrogens with one attached hydrogen (secondary N) is 1. The maximum absolute atomic E-state index is 12.2. The number of thiazole rings is 1. The van der Waals surface area contributed by atoms with Crippen molar-refractivity contribution >= 4 is 40.1 Å². The number of ether oxygens (including phenoxy) is 2. The number of esters is 1. The topological polar surface area (TPSA) is 77.5 Å². The van der Waals surface area contributed by atoms with E-state index in [9.17, 15) is 18.4 Å². The first kappa shape index (κ1) is 21.1. The van der Waals surface area contributed by atoms with Gasteiger partial charge in [-0.2, -0.15) is 8.78 Å². The molecule has 146 valence electrons. The predicted molar refractivity (Wildman–Crippen MR) is 102 cm³/mol. The molecule has 0 atom stereocenters. The van der Waals surface area contributed by atoms with Gasteiger partial charge in [-0.1, -0.05) is 0 Å². The summed E-state index contributed by atoms with van der Waals surface area (Å²) in [5.41, 5.74) is 1.40. The van der Waals surface area contributed by atoms with E-state index in [1.807, 2.05) is 6.92 Å². The van der Waals surface area contributed by atoms with E-state index in [-0.39, 0.29) is 29.8 Å². The zero-order valence-corrected chi connectivity index (χ0v) is 16.3. The summed E-state index contributed by atoms with van der Waals surface area (Å²) in [6, 6.07) is 6.15. The van der Waals surface area contributed by atoms with Crippen molar-refractivity contribution in [1.82, 2.24) is 4.98 Å². The summed E-state index contributed by atoms with van der Waals surface area (Å²) >= 11 is 2.64. The number of anilines is 1. The van der Waals surface area contributed by atoms with Crippen LogP contribution in [0.5, 0.6) is 5.75 Å². The van der Waals surface area contributed by atoms with Gasteiger partial charge < -0.3 is 14.8 Å². The first-order chi connectivity index (χ1) is 12.9. The second-order valence-corrected chi connectivity index (χ2v) is 7.56. The number of halogens is 2. The first-order valence-corrected chi connectivity index (χ1v) is 9.83. The number of aryl methyl sites for hydroxylation is 1. The molecule has 1 aromatic carbocycles. The van der Waals surface area contributed by atoms with Crippen LogP contribution in [-0.4, -0.2) is 42.1 Å². The Morgan fingerprint density at radius 3 is 2.63 bits per heavy atom. The van der Waals surface area contributed by atoms with E-state index < -0.39 is 6.61 Å². The van der Waals surface area contributed by atoms with Gasteiger partial charge >= 0.3 is 12.6 Å². The Morgan fingerprint density at radius 2 is 2.00 bits per heavy atom. The van der Waals surface area contributed by atoms with E-state index in [4.69, 9.17) is 0 Å². The molecular weight excluding hydrogens is 398 g/mol. The Morgan fingerprint density at radius 1 is 1.30 bits per heavy atom. The molecule has 6 nitrogen and oxygen atoms in total. The standard InChI is InChI=1S/C17H18F2N2O4S2/c1-10-15(11-3-5-12(6-4-11)25-16(18)19)21-17(27-10)20-13(22)7-8-26-9-14(23)24-2/h3-6,16H,7-9H2,1-2H3,(H,20,21,22). The number of carbonyl (C=O) groups excluding carboxylic acids is 2. The monoisotopic (exact) mass is 416 g/mol. The lowest BCUT2D eigenvalue weighted by Crippen LogP contribution is -2.13. The molecule has 1 N–H and O–H groups in total. The highest BCUT2D eigenvalue weighted by atomic mass is 32.2. The van der Waals surface area contributed by atoms with Crippen molar-refractivity contribution in [3.05, 3.63) is 29.1 Å². The number of nitrogens with zero attached hydrogens (tertiary/aromatic N) is 1. The molecule has 0 radical (unpaired) electrons. The Balaban J connectivity index is 1.91. The Bertz CT molecular complexity index is 782. The molecule has 27 heavy (non-hydrogen) atoms. The van der Waals surface area contributed by atoms with Crippen molar-refractivity contribution < 1.29 is 27.8 Å². The predicted octanol–water partition coefficient (Wildman–Crippen LogP) is 3.95. The summed E-state index contributed by atoms with van der Waals surface area (Å²) in [6.07, 6.45) is 0.245. The molecule has 0 spiro atoms. The third kappa shape index (κ3) is 6.79. The molecule has 0 aliphatic carbocycles. The summed E-state index contributed by atoms with van der Waals surface area (Å²) in [5, 5.41) is 3.18. The minimum atomic E-state index is -2.87. The van der Waals surface area contributed by atoms with Gasteiger partial charge in [-0.25, -0.2) is 4.98 Å². The number of methoxy groups -OCH3 is 1. The molecule has 0 saturated heterocycles. The SMILES string of the molecule is COC(=O)CSCCC(=O)Nc1nc(-c2ccc(OC(F)F)cc2)c(C)s1. The number of amides is 1. The van der Waals surface area contributed by atoms with Gasteiger partial charge in [-0.05, 0) is 31.2 Å². The molecule has 2 rings (SSSR count). The fourth-order valence-electron chi connectivity index (χ4n) is 2.07. The summed E-state index contributed by atoms with van der Waals surface area (Å²) < 4.78 is 33.3. The lowest BCUT2D eigenvalue weighted by atomic mass is 10.1. The van der Waals surface area contributed by atoms with Crippen LogP contribution in [0.1, 0.15) is 11.3 Å². The third-order valence-corrected chi connectivity index (χ3v) is 5.14. The number of carbonyl (C=O) groups is 2. The highest BCUT2D eigenvalue weighted by Crippen LogP contribution is 2.31. The van der Waals surface area contributed by atoms with Crippen molar-refractivity contribution in [3.8, 4) is 17.0 Å². The Labute approximate surface area is 163 Å². The van der Waals surface area contributed by atoms with Crippen LogP contribution in [0.3, 0.4) is 0 Å². The average molecular weight is 416 g/mol. The van der Waals surface area contributed by atoms with Crippen LogP contribution in [0.4, 0.5) is 13.9 Å². The minimum absolute atomic E-state index is 0.0691. The van der Waals surface area contributed by atoms with Gasteiger partial charge in [-0.15, -0.1) is 23.1 Å². The number of hydrogen-bond acceptors (Lipinski definition) is 7. The average Bonchev–Trinajstić information content (AvgIpc) is 2.98. The van der Waals surface area contributed by atoms with Crippen LogP contribution >= 0.6 is 23.1 Å². The van der Waals surface area contributed by atoms with E-state index in [2.05, 4.69) is 19.8 Å². The van der Waals surface area contributed by atoms with E-state index >= 15 is 0 Å². The molecule has 1 heterocycles. The highest BCUT2D eigenvalue weighted by Gasteiger charge is 2.13. The van der Waals surface area contributed by atoms with Crippen molar-refractivity contribution in [2.24, 2.45) is 0 Å². The van der Waals surface area contributed by atoms with Crippen LogP contribution < -0.4 is 10.1 Å². The van der Waals surface area contributed by atoms with E-state index in [0.717, 1.165) is 10.4 Å². The molecule has 0 bridgehead atoms. The molecule has 10 heteroatoms. The van der Waals surface area contributed by atoms with Gasteiger partial charge in [0.05, 0.1) is 18.6 Å². The fourth-order valence-corrected chi connectivity index (χ4v) is 3.68. The van der Waals surface area contributed by atoms with Crippen LogP contribution in [0, 0.1) is 6.92 Å². The summed E-state index contributed by atoms with van der Waals surface area (Å²) in [4.78, 5) is 28.2. The number of thioether (sulfide) groups is 1. The fraction of sp³-hybridized carbons (Fsp3) is 0.353. The van der Waals surface area contributed by atoms with Crippen molar-refractivity contribution in [3.63, 3.8) is 0 Å². The summed E-state index contributed by atoms with van der Waals surface area (Å²) in [7, 11) is 1.32. The van der Waals surface area contributed by atoms with Crippen molar-refractivity contribution in [2.45, 2.75) is 20.0 Å². The van der Waals surface area contributed by atoms with Crippen molar-refractivity contribution in [2.75, 3.05) is 23.9 Å². The largest absolute Gasteiger partial charge is 0.468 e. The number of hydrogen-bond donors (Lipinski definition) is 1. The second kappa shape index (κ2) is 10.2. The lowest BCUT2D eigenvalue weighted by Gasteiger charge is -2.05. The lowest BCUT2D eigenvalue weighted by molar-refractivity contribution is -0.137. The minimum Gasteiger partial charge on any atom is -0.468 e. The van der Waals surface area contributed by atoms with Gasteiger partial charge in [0, 0.05) is 22.6 Å². The van der Waals surface area contributed by atoms with Crippen LogP contribution in [0.2, 0.25) is 0 Å². The molecule has 0 aliphatic rings. The number of aromatic nitrogens is 1. The van der Waals surface area contributed by atoms with E-state index in [1.54, 1.807) is 12.1 Å². The molecule has 0 unspecified atom stereocenters. The van der Waals surface area contributed by atoms with Gasteiger partial charge in [0.1, 0.15) is 5.75 Å². The van der Waals surface area contributed by atoms with Gasteiger partial charge in [-0.3, -0.25) is 9.59 Å². The van der Waals surface area contributed by atoms with E-state index in [0.29, 0.717) is 16.6 Å². The second-order valence-electron chi connectivity index (χ2n) is 5.25. The summed E-state index contributed by atoms with van der Waals surface area (Å²) in [6.45, 7) is -1.01. The van der Waals surface area contributed by atoms with Crippen molar-refractivity contribution in [1.29, 1.82) is 0 Å².